The number of nitrogens with zero attached hydrogens (tertiary/aromatic N) is 1. The van der Waals surface area contributed by atoms with Crippen LogP contribution in [-0.4, -0.2) is 11.6 Å². The third-order valence-electron chi connectivity index (χ3n) is 7.51. The van der Waals surface area contributed by atoms with Gasteiger partial charge in [0.25, 0.3) is 0 Å². The number of ether oxygens (including phenoxy) is 1. The first kappa shape index (κ1) is 25.8. The van der Waals surface area contributed by atoms with Crippen molar-refractivity contribution < 1.29 is 4.74 Å². The lowest BCUT2D eigenvalue weighted by molar-refractivity contribution is 0.250. The highest BCUT2D eigenvalue weighted by Gasteiger charge is 2.20. The maximum Gasteiger partial charge on any atom is 0.119 e. The molecule has 182 valence electrons. The molecule has 1 aromatic heterocycles. The van der Waals surface area contributed by atoms with Crippen molar-refractivity contribution in [2.75, 3.05) is 6.61 Å². The second kappa shape index (κ2) is 15.1. The van der Waals surface area contributed by atoms with E-state index in [-0.39, 0.29) is 0 Å². The van der Waals surface area contributed by atoms with Gasteiger partial charge in [-0.15, -0.1) is 0 Å². The minimum Gasteiger partial charge on any atom is -0.494 e. The van der Waals surface area contributed by atoms with Crippen molar-refractivity contribution in [2.45, 2.75) is 110 Å². The number of rotatable bonds is 15. The van der Waals surface area contributed by atoms with Crippen LogP contribution in [0.15, 0.2) is 42.6 Å². The quantitative estimate of drug-likeness (QED) is 0.253. The van der Waals surface area contributed by atoms with E-state index >= 15 is 0 Å². The fourth-order valence-corrected chi connectivity index (χ4v) is 5.21. The lowest BCUT2D eigenvalue weighted by Crippen LogP contribution is -2.15. The van der Waals surface area contributed by atoms with Gasteiger partial charge in [-0.25, -0.2) is 0 Å². The molecule has 2 aromatic rings. The van der Waals surface area contributed by atoms with Crippen molar-refractivity contribution in [3.8, 4) is 17.0 Å². The van der Waals surface area contributed by atoms with E-state index in [4.69, 9.17) is 9.72 Å². The van der Waals surface area contributed by atoms with Gasteiger partial charge in [0.2, 0.25) is 0 Å². The number of unbranched alkanes of at least 4 members (excludes halogenated alkanes) is 6. The van der Waals surface area contributed by atoms with Gasteiger partial charge in [-0.3, -0.25) is 4.98 Å². The van der Waals surface area contributed by atoms with Crippen LogP contribution >= 0.6 is 0 Å². The van der Waals surface area contributed by atoms with Crippen LogP contribution in [0.3, 0.4) is 0 Å². The predicted molar refractivity (Wildman–Crippen MR) is 142 cm³/mol. The SMILES string of the molecule is CCCCCCCCOc1ccc(-c2ccc(CC[C@H]3CC[C@H](CCCC)CC3)cn2)cc1. The molecule has 1 aliphatic carbocycles. The zero-order chi connectivity index (χ0) is 23.1. The summed E-state index contributed by atoms with van der Waals surface area (Å²) in [5, 5.41) is 0. The smallest absolute Gasteiger partial charge is 0.119 e. The summed E-state index contributed by atoms with van der Waals surface area (Å²) in [6, 6.07) is 12.9. The van der Waals surface area contributed by atoms with Crippen LogP contribution < -0.4 is 4.74 Å². The van der Waals surface area contributed by atoms with Crippen LogP contribution in [0, 0.1) is 11.8 Å². The standard InChI is InChI=1S/C31H47NO/c1-3-5-7-8-9-10-24-33-30-21-19-29(20-22-30)31-23-18-28(25-32-31)17-16-27-14-12-26(13-15-27)11-6-4-2/h18-23,25-27H,3-17,24H2,1-2H3/t26-,27-. The minimum absolute atomic E-state index is 0.818. The van der Waals surface area contributed by atoms with Crippen LogP contribution in [0.25, 0.3) is 11.3 Å². The Morgan fingerprint density at radius 2 is 1.39 bits per heavy atom. The van der Waals surface area contributed by atoms with Crippen molar-refractivity contribution in [3.05, 3.63) is 48.2 Å². The Kier molecular flexibility index (Phi) is 11.8. The molecule has 33 heavy (non-hydrogen) atoms. The highest BCUT2D eigenvalue weighted by molar-refractivity contribution is 5.60. The molecule has 0 spiro atoms. The molecule has 0 atom stereocenters. The third kappa shape index (κ3) is 9.51. The summed E-state index contributed by atoms with van der Waals surface area (Å²) < 4.78 is 5.92. The van der Waals surface area contributed by atoms with Crippen LogP contribution in [0.4, 0.5) is 0 Å². The van der Waals surface area contributed by atoms with Crippen LogP contribution in [0.5, 0.6) is 5.75 Å². The summed E-state index contributed by atoms with van der Waals surface area (Å²) >= 11 is 0. The topological polar surface area (TPSA) is 22.1 Å². The van der Waals surface area contributed by atoms with E-state index in [2.05, 4.69) is 56.4 Å². The Morgan fingerprint density at radius 1 is 0.727 bits per heavy atom. The van der Waals surface area contributed by atoms with E-state index in [1.165, 1.54) is 101 Å². The fraction of sp³-hybridized carbons (Fsp3) is 0.645. The highest BCUT2D eigenvalue weighted by atomic mass is 16.5. The van der Waals surface area contributed by atoms with Crippen molar-refractivity contribution in [3.63, 3.8) is 0 Å². The van der Waals surface area contributed by atoms with E-state index in [1.54, 1.807) is 0 Å². The van der Waals surface area contributed by atoms with Crippen LogP contribution in [-0.2, 0) is 6.42 Å². The first-order valence-corrected chi connectivity index (χ1v) is 14.0. The predicted octanol–water partition coefficient (Wildman–Crippen LogP) is 9.42. The molecule has 0 N–H and O–H groups in total. The minimum atomic E-state index is 0.818. The Morgan fingerprint density at radius 3 is 2.06 bits per heavy atom. The molecule has 1 aromatic carbocycles. The molecule has 1 fully saturated rings. The monoisotopic (exact) mass is 449 g/mol. The summed E-state index contributed by atoms with van der Waals surface area (Å²) in [4.78, 5) is 4.76. The van der Waals surface area contributed by atoms with E-state index in [1.807, 2.05) is 0 Å². The number of aromatic nitrogens is 1. The van der Waals surface area contributed by atoms with Gasteiger partial charge in [-0.1, -0.05) is 97.0 Å². The number of pyridine rings is 1. The Bertz CT molecular complexity index is 743. The summed E-state index contributed by atoms with van der Waals surface area (Å²) in [5.74, 6) is 2.90. The molecule has 0 unspecified atom stereocenters. The molecule has 3 rings (SSSR count). The molecule has 0 bridgehead atoms. The molecule has 0 amide bonds. The Hall–Kier alpha value is -1.83. The molecule has 0 aliphatic heterocycles. The zero-order valence-corrected chi connectivity index (χ0v) is 21.4. The summed E-state index contributed by atoms with van der Waals surface area (Å²) in [5.41, 5.74) is 3.60. The maximum absolute atomic E-state index is 5.92. The largest absolute Gasteiger partial charge is 0.494 e. The molecule has 1 heterocycles. The number of aryl methyl sites for hydroxylation is 1. The lowest BCUT2D eigenvalue weighted by atomic mass is 9.78. The summed E-state index contributed by atoms with van der Waals surface area (Å²) in [6.07, 6.45) is 22.4. The normalized spacial score (nSPS) is 18.4. The van der Waals surface area contributed by atoms with E-state index in [9.17, 15) is 0 Å². The Balaban J connectivity index is 1.35. The first-order chi connectivity index (χ1) is 16.3. The zero-order valence-electron chi connectivity index (χ0n) is 21.4. The summed E-state index contributed by atoms with van der Waals surface area (Å²) in [7, 11) is 0. The van der Waals surface area contributed by atoms with E-state index < -0.39 is 0 Å². The maximum atomic E-state index is 5.92. The van der Waals surface area contributed by atoms with E-state index in [0.29, 0.717) is 0 Å². The molecular weight excluding hydrogens is 402 g/mol. The van der Waals surface area contributed by atoms with Gasteiger partial charge in [-0.05, 0) is 67.0 Å². The molecule has 0 radical (unpaired) electrons. The highest BCUT2D eigenvalue weighted by Crippen LogP contribution is 2.34. The van der Waals surface area contributed by atoms with Gasteiger partial charge < -0.3 is 4.74 Å². The molecule has 2 heteroatoms. The van der Waals surface area contributed by atoms with Crippen molar-refractivity contribution in [1.82, 2.24) is 4.98 Å². The lowest BCUT2D eigenvalue weighted by Gasteiger charge is -2.28. The van der Waals surface area contributed by atoms with Crippen molar-refractivity contribution in [2.24, 2.45) is 11.8 Å². The van der Waals surface area contributed by atoms with Gasteiger partial charge in [0.15, 0.2) is 0 Å². The van der Waals surface area contributed by atoms with Gasteiger partial charge >= 0.3 is 0 Å². The summed E-state index contributed by atoms with van der Waals surface area (Å²) in [6.45, 7) is 5.39. The molecule has 2 nitrogen and oxygen atoms in total. The van der Waals surface area contributed by atoms with Crippen LogP contribution in [0.1, 0.15) is 109 Å². The third-order valence-corrected chi connectivity index (χ3v) is 7.51. The van der Waals surface area contributed by atoms with Gasteiger partial charge in [-0.2, -0.15) is 0 Å². The Labute approximate surface area is 203 Å². The average molecular weight is 450 g/mol. The number of hydrogen-bond donors (Lipinski definition) is 0. The second-order valence-corrected chi connectivity index (χ2v) is 10.3. The van der Waals surface area contributed by atoms with Gasteiger partial charge in [0.05, 0.1) is 12.3 Å². The molecule has 1 aliphatic rings. The van der Waals surface area contributed by atoms with Crippen molar-refractivity contribution >= 4 is 0 Å². The second-order valence-electron chi connectivity index (χ2n) is 10.3. The van der Waals surface area contributed by atoms with Crippen LogP contribution in [0.2, 0.25) is 0 Å². The van der Waals surface area contributed by atoms with Gasteiger partial charge in [0, 0.05) is 11.8 Å². The first-order valence-electron chi connectivity index (χ1n) is 14.0. The number of benzene rings is 1. The van der Waals surface area contributed by atoms with E-state index in [0.717, 1.165) is 36.3 Å². The van der Waals surface area contributed by atoms with Gasteiger partial charge in [0.1, 0.15) is 5.75 Å². The fourth-order valence-electron chi connectivity index (χ4n) is 5.21. The average Bonchev–Trinajstić information content (AvgIpc) is 2.87. The number of hydrogen-bond acceptors (Lipinski definition) is 2. The molecule has 1 saturated carbocycles. The molecule has 0 saturated heterocycles. The molecular formula is C31H47NO. The van der Waals surface area contributed by atoms with Crippen molar-refractivity contribution in [1.29, 1.82) is 0 Å².